The number of esters is 1. The van der Waals surface area contributed by atoms with E-state index in [0.717, 1.165) is 11.8 Å². The van der Waals surface area contributed by atoms with Crippen molar-refractivity contribution >= 4 is 27.6 Å². The van der Waals surface area contributed by atoms with Crippen molar-refractivity contribution in [2.45, 2.75) is 46.3 Å². The van der Waals surface area contributed by atoms with Crippen LogP contribution in [0.2, 0.25) is 0 Å². The monoisotopic (exact) mass is 382 g/mol. The van der Waals surface area contributed by atoms with Gasteiger partial charge < -0.3 is 10.1 Å². The number of benzene rings is 1. The third-order valence-corrected chi connectivity index (χ3v) is 5.43. The van der Waals surface area contributed by atoms with Crippen molar-refractivity contribution in [3.05, 3.63) is 29.3 Å². The van der Waals surface area contributed by atoms with E-state index >= 15 is 0 Å². The number of nitrogens with one attached hydrogen (secondary N) is 1. The summed E-state index contributed by atoms with van der Waals surface area (Å²) in [6.07, 6.45) is 0.785. The summed E-state index contributed by atoms with van der Waals surface area (Å²) in [6, 6.07) is 4.57. The van der Waals surface area contributed by atoms with Gasteiger partial charge in [0.15, 0.2) is 6.10 Å². The average Bonchev–Trinajstić information content (AvgIpc) is 2.86. The molecule has 2 atom stereocenters. The van der Waals surface area contributed by atoms with Crippen LogP contribution in [0.25, 0.3) is 0 Å². The van der Waals surface area contributed by atoms with Crippen LogP contribution in [0.1, 0.15) is 43.6 Å². The first-order chi connectivity index (χ1) is 12.0. The fourth-order valence-electron chi connectivity index (χ4n) is 2.97. The van der Waals surface area contributed by atoms with Crippen molar-refractivity contribution in [3.63, 3.8) is 0 Å². The summed E-state index contributed by atoms with van der Waals surface area (Å²) in [5.74, 6) is -0.645. The molecule has 1 N–H and O–H groups in total. The minimum absolute atomic E-state index is 0.202. The quantitative estimate of drug-likeness (QED) is 0.756. The number of hydrogen-bond donors (Lipinski definition) is 1. The van der Waals surface area contributed by atoms with Gasteiger partial charge in [0.2, 0.25) is 10.0 Å². The Morgan fingerprint density at radius 1 is 1.31 bits per heavy atom. The number of anilines is 1. The van der Waals surface area contributed by atoms with Gasteiger partial charge in [-0.2, -0.15) is 0 Å². The maximum absolute atomic E-state index is 12.3. The van der Waals surface area contributed by atoms with Crippen LogP contribution < -0.4 is 9.62 Å². The van der Waals surface area contributed by atoms with Crippen LogP contribution in [-0.4, -0.2) is 45.2 Å². The molecule has 1 heterocycles. The van der Waals surface area contributed by atoms with Gasteiger partial charge in [-0.1, -0.05) is 13.8 Å². The van der Waals surface area contributed by atoms with Gasteiger partial charge in [0, 0.05) is 12.6 Å². The number of carbonyl (C=O) groups excluding carboxylic acids is 2. The second-order valence-electron chi connectivity index (χ2n) is 7.14. The predicted molar refractivity (Wildman–Crippen MR) is 99.7 cm³/mol. The van der Waals surface area contributed by atoms with Gasteiger partial charge in [0.25, 0.3) is 5.91 Å². The summed E-state index contributed by atoms with van der Waals surface area (Å²) in [6.45, 7) is 7.80. The number of hydrogen-bond acceptors (Lipinski definition) is 5. The highest BCUT2D eigenvalue weighted by Gasteiger charge is 2.33. The van der Waals surface area contributed by atoms with E-state index in [1.807, 2.05) is 20.8 Å². The zero-order chi connectivity index (χ0) is 19.6. The minimum Gasteiger partial charge on any atom is -0.449 e. The molecule has 1 amide bonds. The van der Waals surface area contributed by atoms with E-state index in [-0.39, 0.29) is 11.9 Å². The lowest BCUT2D eigenvalue weighted by atomic mass is 10.1. The Labute approximate surface area is 154 Å². The summed E-state index contributed by atoms with van der Waals surface area (Å²) in [4.78, 5) is 24.3. The lowest BCUT2D eigenvalue weighted by Gasteiger charge is -2.22. The first-order valence-corrected chi connectivity index (χ1v) is 10.5. The molecule has 0 unspecified atom stereocenters. The standard InChI is InChI=1S/C18H26N2O5S/c1-11(2)10-19-17(21)13(4)25-18(22)14-6-7-16-15(9-14)8-12(3)20(16)26(5,23)24/h6-7,9,11-13H,8,10H2,1-5H3,(H,19,21)/t12-,13-/m0/s1. The Balaban J connectivity index is 2.10. The van der Waals surface area contributed by atoms with Gasteiger partial charge in [-0.05, 0) is 49.9 Å². The van der Waals surface area contributed by atoms with Gasteiger partial charge in [-0.3, -0.25) is 9.10 Å². The van der Waals surface area contributed by atoms with Crippen LogP contribution in [0, 0.1) is 5.92 Å². The third kappa shape index (κ3) is 4.55. The number of nitrogens with zero attached hydrogens (tertiary/aromatic N) is 1. The highest BCUT2D eigenvalue weighted by molar-refractivity contribution is 7.92. The van der Waals surface area contributed by atoms with Gasteiger partial charge >= 0.3 is 5.97 Å². The van der Waals surface area contributed by atoms with E-state index in [4.69, 9.17) is 4.74 Å². The van der Waals surface area contributed by atoms with E-state index in [1.165, 1.54) is 17.3 Å². The van der Waals surface area contributed by atoms with Gasteiger partial charge in [-0.15, -0.1) is 0 Å². The van der Waals surface area contributed by atoms with Crippen molar-refractivity contribution in [1.82, 2.24) is 5.32 Å². The molecule has 1 aliphatic rings. The molecule has 0 bridgehead atoms. The largest absolute Gasteiger partial charge is 0.449 e. The Hall–Kier alpha value is -2.09. The highest BCUT2D eigenvalue weighted by atomic mass is 32.2. The van der Waals surface area contributed by atoms with Gasteiger partial charge in [-0.25, -0.2) is 13.2 Å². The number of ether oxygens (including phenoxy) is 1. The molecule has 144 valence electrons. The Morgan fingerprint density at radius 2 is 1.96 bits per heavy atom. The molecular formula is C18H26N2O5S. The molecule has 1 aromatic carbocycles. The normalized spacial score (nSPS) is 17.8. The first-order valence-electron chi connectivity index (χ1n) is 8.61. The SMILES string of the molecule is CC(C)CNC(=O)[C@H](C)OC(=O)c1ccc2c(c1)C[C@H](C)N2S(C)(=O)=O. The Morgan fingerprint density at radius 3 is 2.54 bits per heavy atom. The summed E-state index contributed by atoms with van der Waals surface area (Å²) in [5, 5.41) is 2.72. The minimum atomic E-state index is -3.38. The number of amides is 1. The maximum atomic E-state index is 12.3. The Kier molecular flexibility index (Phi) is 5.95. The molecule has 0 saturated heterocycles. The summed E-state index contributed by atoms with van der Waals surface area (Å²) < 4.78 is 30.5. The molecule has 1 aliphatic heterocycles. The van der Waals surface area contributed by atoms with E-state index in [2.05, 4.69) is 5.32 Å². The van der Waals surface area contributed by atoms with E-state index < -0.39 is 22.1 Å². The zero-order valence-corrected chi connectivity index (χ0v) is 16.6. The topological polar surface area (TPSA) is 92.8 Å². The lowest BCUT2D eigenvalue weighted by Crippen LogP contribution is -2.37. The van der Waals surface area contributed by atoms with Crippen LogP contribution in [-0.2, 0) is 26.0 Å². The van der Waals surface area contributed by atoms with Crippen LogP contribution in [0.4, 0.5) is 5.69 Å². The molecule has 0 saturated carbocycles. The Bertz CT molecular complexity index is 804. The van der Waals surface area contributed by atoms with Crippen molar-refractivity contribution < 1.29 is 22.7 Å². The molecule has 1 aromatic rings. The zero-order valence-electron chi connectivity index (χ0n) is 15.8. The van der Waals surface area contributed by atoms with Crippen molar-refractivity contribution in [2.75, 3.05) is 17.1 Å². The lowest BCUT2D eigenvalue weighted by molar-refractivity contribution is -0.129. The van der Waals surface area contributed by atoms with E-state index in [1.54, 1.807) is 12.1 Å². The number of carbonyl (C=O) groups is 2. The second kappa shape index (κ2) is 7.65. The van der Waals surface area contributed by atoms with Gasteiger partial charge in [0.05, 0.1) is 17.5 Å². The van der Waals surface area contributed by atoms with Crippen molar-refractivity contribution in [2.24, 2.45) is 5.92 Å². The molecule has 0 spiro atoms. The molecule has 0 radical (unpaired) electrons. The highest BCUT2D eigenvalue weighted by Crippen LogP contribution is 2.34. The molecule has 8 heteroatoms. The molecule has 0 aromatic heterocycles. The smallest absolute Gasteiger partial charge is 0.338 e. The molecule has 7 nitrogen and oxygen atoms in total. The summed E-state index contributed by atoms with van der Waals surface area (Å²) >= 11 is 0. The molecule has 2 rings (SSSR count). The number of sulfonamides is 1. The van der Waals surface area contributed by atoms with Crippen molar-refractivity contribution in [3.8, 4) is 0 Å². The summed E-state index contributed by atoms with van der Waals surface area (Å²) in [7, 11) is -3.38. The van der Waals surface area contributed by atoms with Crippen LogP contribution in [0.15, 0.2) is 18.2 Å². The maximum Gasteiger partial charge on any atom is 0.338 e. The number of rotatable bonds is 6. The summed E-state index contributed by atoms with van der Waals surface area (Å²) in [5.41, 5.74) is 1.66. The third-order valence-electron chi connectivity index (χ3n) is 4.16. The van der Waals surface area contributed by atoms with E-state index in [0.29, 0.717) is 30.1 Å². The fraction of sp³-hybridized carbons (Fsp3) is 0.556. The molecule has 0 fully saturated rings. The van der Waals surface area contributed by atoms with E-state index in [9.17, 15) is 18.0 Å². The number of fused-ring (bicyclic) bond motifs is 1. The molecule has 0 aliphatic carbocycles. The van der Waals surface area contributed by atoms with Crippen LogP contribution >= 0.6 is 0 Å². The average molecular weight is 382 g/mol. The first kappa shape index (κ1) is 20.2. The van der Waals surface area contributed by atoms with Crippen LogP contribution in [0.5, 0.6) is 0 Å². The molecular weight excluding hydrogens is 356 g/mol. The van der Waals surface area contributed by atoms with Crippen molar-refractivity contribution in [1.29, 1.82) is 0 Å². The van der Waals surface area contributed by atoms with Crippen LogP contribution in [0.3, 0.4) is 0 Å². The fourth-order valence-corrected chi connectivity index (χ4v) is 4.23. The second-order valence-corrected chi connectivity index (χ2v) is 9.00. The predicted octanol–water partition coefficient (Wildman–Crippen LogP) is 1.71. The molecule has 26 heavy (non-hydrogen) atoms. The van der Waals surface area contributed by atoms with Gasteiger partial charge in [0.1, 0.15) is 0 Å².